The van der Waals surface area contributed by atoms with Crippen molar-refractivity contribution in [3.8, 4) is 34.3 Å². The van der Waals surface area contributed by atoms with Gasteiger partial charge < -0.3 is 20.1 Å². The first kappa shape index (κ1) is 17.2. The first-order chi connectivity index (χ1) is 12.5. The number of benzene rings is 2. The number of aliphatic hydroxyl groups is 1. The molecule has 0 bridgehead atoms. The molecular weight excluding hydrogens is 342 g/mol. The number of nitro benzene ring substituents is 1. The minimum Gasteiger partial charge on any atom is -0.508 e. The predicted octanol–water partition coefficient (Wildman–Crippen LogP) is 2.65. The molecule has 0 aliphatic rings. The molecule has 0 aliphatic heterocycles. The van der Waals surface area contributed by atoms with Gasteiger partial charge in [-0.15, -0.1) is 0 Å². The van der Waals surface area contributed by atoms with Crippen LogP contribution in [0.3, 0.4) is 0 Å². The zero-order chi connectivity index (χ0) is 18.7. The Labute approximate surface area is 147 Å². The number of aromatic hydroxyl groups is 2. The lowest BCUT2D eigenvalue weighted by Crippen LogP contribution is -2.02. The molecule has 0 saturated heterocycles. The highest BCUT2D eigenvalue weighted by atomic mass is 16.6. The van der Waals surface area contributed by atoms with E-state index >= 15 is 0 Å². The molecular formula is C17H15N3O6. The van der Waals surface area contributed by atoms with Gasteiger partial charge in [0.05, 0.1) is 29.3 Å². The minimum absolute atomic E-state index is 0.0842. The Hall–Kier alpha value is -3.59. The van der Waals surface area contributed by atoms with Crippen molar-refractivity contribution in [2.24, 2.45) is 0 Å². The third-order valence-electron chi connectivity index (χ3n) is 3.57. The Balaban J connectivity index is 1.98. The number of phenolic OH excluding ortho intramolecular Hbond substituents is 2. The standard InChI is InChI=1S/C17H15N3O6/c21-8-7-19-6-5-14(18-19)17-15(23)9-12(22)10-16(17)26-13-3-1-11(2-4-13)20(24)25/h1-6,9-10,21-23H,7-8H2. The number of phenols is 2. The smallest absolute Gasteiger partial charge is 0.269 e. The molecule has 9 nitrogen and oxygen atoms in total. The summed E-state index contributed by atoms with van der Waals surface area (Å²) in [5.74, 6) is -0.0312. The second kappa shape index (κ2) is 7.11. The van der Waals surface area contributed by atoms with E-state index in [1.54, 1.807) is 12.3 Å². The Kier molecular flexibility index (Phi) is 4.72. The molecule has 0 unspecified atom stereocenters. The van der Waals surface area contributed by atoms with E-state index in [0.717, 1.165) is 6.07 Å². The van der Waals surface area contributed by atoms with Crippen LogP contribution in [0.2, 0.25) is 0 Å². The number of aliphatic hydroxyl groups excluding tert-OH is 1. The molecule has 0 atom stereocenters. The number of nitrogens with zero attached hydrogens (tertiary/aromatic N) is 3. The van der Waals surface area contributed by atoms with Crippen LogP contribution in [-0.4, -0.2) is 36.6 Å². The third-order valence-corrected chi connectivity index (χ3v) is 3.57. The molecule has 134 valence electrons. The van der Waals surface area contributed by atoms with Gasteiger partial charge in [0.25, 0.3) is 5.69 Å². The highest BCUT2D eigenvalue weighted by Crippen LogP contribution is 2.42. The molecule has 1 heterocycles. The third kappa shape index (κ3) is 3.57. The van der Waals surface area contributed by atoms with Crippen LogP contribution in [0, 0.1) is 10.1 Å². The van der Waals surface area contributed by atoms with Gasteiger partial charge in [-0.05, 0) is 18.2 Å². The number of non-ortho nitro benzene ring substituents is 1. The number of nitro groups is 1. The highest BCUT2D eigenvalue weighted by molar-refractivity contribution is 5.75. The van der Waals surface area contributed by atoms with E-state index in [1.165, 1.54) is 35.0 Å². The Morgan fingerprint density at radius 1 is 1.15 bits per heavy atom. The summed E-state index contributed by atoms with van der Waals surface area (Å²) >= 11 is 0. The number of aromatic nitrogens is 2. The molecule has 9 heteroatoms. The molecule has 0 spiro atoms. The van der Waals surface area contributed by atoms with Crippen molar-refractivity contribution >= 4 is 5.69 Å². The van der Waals surface area contributed by atoms with Crippen molar-refractivity contribution in [1.82, 2.24) is 9.78 Å². The molecule has 3 N–H and O–H groups in total. The minimum atomic E-state index is -0.525. The molecule has 0 fully saturated rings. The molecule has 3 aromatic rings. The largest absolute Gasteiger partial charge is 0.508 e. The van der Waals surface area contributed by atoms with Crippen LogP contribution < -0.4 is 4.74 Å². The Morgan fingerprint density at radius 3 is 2.54 bits per heavy atom. The van der Waals surface area contributed by atoms with Gasteiger partial charge in [0.2, 0.25) is 0 Å². The van der Waals surface area contributed by atoms with E-state index in [0.29, 0.717) is 5.69 Å². The van der Waals surface area contributed by atoms with E-state index in [4.69, 9.17) is 9.84 Å². The lowest BCUT2D eigenvalue weighted by molar-refractivity contribution is -0.384. The van der Waals surface area contributed by atoms with Gasteiger partial charge in [-0.3, -0.25) is 14.8 Å². The van der Waals surface area contributed by atoms with Crippen LogP contribution in [0.25, 0.3) is 11.3 Å². The van der Waals surface area contributed by atoms with Gasteiger partial charge >= 0.3 is 0 Å². The highest BCUT2D eigenvalue weighted by Gasteiger charge is 2.17. The van der Waals surface area contributed by atoms with Gasteiger partial charge in [0, 0.05) is 30.5 Å². The quantitative estimate of drug-likeness (QED) is 0.456. The molecule has 0 aliphatic carbocycles. The zero-order valence-electron chi connectivity index (χ0n) is 13.4. The van der Waals surface area contributed by atoms with Gasteiger partial charge in [-0.25, -0.2) is 0 Å². The van der Waals surface area contributed by atoms with Crippen molar-refractivity contribution in [3.05, 3.63) is 58.8 Å². The molecule has 0 radical (unpaired) electrons. The van der Waals surface area contributed by atoms with Crippen LogP contribution in [0.1, 0.15) is 0 Å². The number of hydrogen-bond acceptors (Lipinski definition) is 7. The monoisotopic (exact) mass is 357 g/mol. The van der Waals surface area contributed by atoms with Gasteiger partial charge in [0.15, 0.2) is 0 Å². The van der Waals surface area contributed by atoms with Crippen molar-refractivity contribution in [2.75, 3.05) is 6.61 Å². The van der Waals surface area contributed by atoms with Crippen LogP contribution >= 0.6 is 0 Å². The fraction of sp³-hybridized carbons (Fsp3) is 0.118. The van der Waals surface area contributed by atoms with Gasteiger partial charge in [-0.2, -0.15) is 5.10 Å². The molecule has 1 aromatic heterocycles. The van der Waals surface area contributed by atoms with Crippen LogP contribution in [0.4, 0.5) is 5.69 Å². The number of ether oxygens (including phenoxy) is 1. The van der Waals surface area contributed by atoms with Crippen LogP contribution in [0.5, 0.6) is 23.0 Å². The van der Waals surface area contributed by atoms with E-state index in [1.807, 2.05) is 0 Å². The van der Waals surface area contributed by atoms with Crippen LogP contribution in [-0.2, 0) is 6.54 Å². The summed E-state index contributed by atoms with van der Waals surface area (Å²) < 4.78 is 7.19. The van der Waals surface area contributed by atoms with Crippen molar-refractivity contribution in [3.63, 3.8) is 0 Å². The summed E-state index contributed by atoms with van der Waals surface area (Å²) in [6.07, 6.45) is 1.63. The van der Waals surface area contributed by atoms with E-state index in [2.05, 4.69) is 5.10 Å². The predicted molar refractivity (Wildman–Crippen MR) is 91.2 cm³/mol. The summed E-state index contributed by atoms with van der Waals surface area (Å²) in [6, 6.07) is 9.48. The van der Waals surface area contributed by atoms with E-state index < -0.39 is 4.92 Å². The summed E-state index contributed by atoms with van der Waals surface area (Å²) in [5.41, 5.74) is 0.546. The topological polar surface area (TPSA) is 131 Å². The first-order valence-corrected chi connectivity index (χ1v) is 7.61. The molecule has 0 saturated carbocycles. The fourth-order valence-electron chi connectivity index (χ4n) is 2.41. The maximum atomic E-state index is 10.7. The van der Waals surface area contributed by atoms with Crippen molar-refractivity contribution in [2.45, 2.75) is 6.54 Å². The first-order valence-electron chi connectivity index (χ1n) is 7.61. The second-order valence-electron chi connectivity index (χ2n) is 5.38. The lowest BCUT2D eigenvalue weighted by Gasteiger charge is -2.12. The van der Waals surface area contributed by atoms with Gasteiger partial charge in [-0.1, -0.05) is 0 Å². The van der Waals surface area contributed by atoms with Crippen LogP contribution in [0.15, 0.2) is 48.7 Å². The summed E-state index contributed by atoms with van der Waals surface area (Å²) in [4.78, 5) is 10.2. The maximum absolute atomic E-state index is 10.7. The van der Waals surface area contributed by atoms with Crippen molar-refractivity contribution in [1.29, 1.82) is 0 Å². The second-order valence-corrected chi connectivity index (χ2v) is 5.38. The number of hydrogen-bond donors (Lipinski definition) is 3. The van der Waals surface area contributed by atoms with Gasteiger partial charge in [0.1, 0.15) is 23.0 Å². The molecule has 3 rings (SSSR count). The Bertz CT molecular complexity index is 936. The number of rotatable bonds is 6. The molecule has 26 heavy (non-hydrogen) atoms. The zero-order valence-corrected chi connectivity index (χ0v) is 13.4. The van der Waals surface area contributed by atoms with E-state index in [9.17, 15) is 20.3 Å². The summed E-state index contributed by atoms with van der Waals surface area (Å²) in [7, 11) is 0. The maximum Gasteiger partial charge on any atom is 0.269 e. The average molecular weight is 357 g/mol. The summed E-state index contributed by atoms with van der Waals surface area (Å²) in [6.45, 7) is 0.201. The Morgan fingerprint density at radius 2 is 1.88 bits per heavy atom. The van der Waals surface area contributed by atoms with Crippen molar-refractivity contribution < 1.29 is 25.0 Å². The lowest BCUT2D eigenvalue weighted by atomic mass is 10.1. The normalized spacial score (nSPS) is 10.7. The molecule has 0 amide bonds. The average Bonchev–Trinajstić information content (AvgIpc) is 3.03. The fourth-order valence-corrected chi connectivity index (χ4v) is 2.41. The van der Waals surface area contributed by atoms with E-state index in [-0.39, 0.29) is 47.4 Å². The summed E-state index contributed by atoms with van der Waals surface area (Å²) in [5, 5.41) is 43.9. The molecule has 2 aromatic carbocycles. The SMILES string of the molecule is O=[N+]([O-])c1ccc(Oc2cc(O)cc(O)c2-c2ccn(CCO)n2)cc1.